The van der Waals surface area contributed by atoms with Crippen LogP contribution in [0.25, 0.3) is 0 Å². The predicted molar refractivity (Wildman–Crippen MR) is 165 cm³/mol. The minimum Gasteiger partial charge on any atom is -0.508 e. The summed E-state index contributed by atoms with van der Waals surface area (Å²) in [5.74, 6) is -0.805. The number of anilines is 1. The fourth-order valence-electron chi connectivity index (χ4n) is 4.60. The summed E-state index contributed by atoms with van der Waals surface area (Å²) in [6, 6.07) is 17.4. The molecule has 8 heteroatoms. The number of phenolic OH excluding ortho intramolecular Hbond substituents is 1. The molecule has 42 heavy (non-hydrogen) atoms. The van der Waals surface area contributed by atoms with Gasteiger partial charge in [-0.15, -0.1) is 6.58 Å². The van der Waals surface area contributed by atoms with E-state index in [0.29, 0.717) is 16.8 Å². The Labute approximate surface area is 248 Å². The Balaban J connectivity index is 2.06. The lowest BCUT2D eigenvalue weighted by atomic mass is 9.99. The van der Waals surface area contributed by atoms with Gasteiger partial charge in [0.25, 0.3) is 5.91 Å². The Morgan fingerprint density at radius 3 is 2.10 bits per heavy atom. The van der Waals surface area contributed by atoms with Crippen LogP contribution in [0.4, 0.5) is 10.5 Å². The van der Waals surface area contributed by atoms with E-state index in [4.69, 9.17) is 4.74 Å². The van der Waals surface area contributed by atoms with E-state index >= 15 is 0 Å². The zero-order valence-electron chi connectivity index (χ0n) is 25.2. The van der Waals surface area contributed by atoms with E-state index in [2.05, 4.69) is 17.2 Å². The minimum absolute atomic E-state index is 0.0413. The van der Waals surface area contributed by atoms with Gasteiger partial charge in [0.1, 0.15) is 23.4 Å². The zero-order chi connectivity index (χ0) is 31.0. The molecule has 3 rings (SSSR count). The van der Waals surface area contributed by atoms with Crippen LogP contribution in [-0.4, -0.2) is 46.1 Å². The molecule has 0 aromatic heterocycles. The van der Waals surface area contributed by atoms with E-state index in [0.717, 1.165) is 16.7 Å². The first kappa shape index (κ1) is 31.9. The first-order valence-corrected chi connectivity index (χ1v) is 13.9. The number of phenols is 1. The van der Waals surface area contributed by atoms with Gasteiger partial charge in [0.15, 0.2) is 0 Å². The van der Waals surface area contributed by atoms with E-state index in [9.17, 15) is 19.5 Å². The highest BCUT2D eigenvalue weighted by Gasteiger charge is 2.36. The molecule has 2 unspecified atom stereocenters. The van der Waals surface area contributed by atoms with E-state index < -0.39 is 35.6 Å². The van der Waals surface area contributed by atoms with E-state index in [1.165, 1.54) is 17.0 Å². The number of amides is 3. The molecule has 3 aromatic carbocycles. The third-order valence-electron chi connectivity index (χ3n) is 6.66. The number of hydrogen-bond donors (Lipinski definition) is 3. The van der Waals surface area contributed by atoms with Gasteiger partial charge in [0, 0.05) is 18.7 Å². The Morgan fingerprint density at radius 1 is 0.952 bits per heavy atom. The highest BCUT2D eigenvalue weighted by atomic mass is 16.6. The summed E-state index contributed by atoms with van der Waals surface area (Å²) in [7, 11) is 0. The van der Waals surface area contributed by atoms with Crippen molar-refractivity contribution in [3.63, 3.8) is 0 Å². The van der Waals surface area contributed by atoms with Crippen molar-refractivity contribution in [2.45, 2.75) is 65.6 Å². The van der Waals surface area contributed by atoms with Gasteiger partial charge in [-0.05, 0) is 75.9 Å². The highest BCUT2D eigenvalue weighted by Crippen LogP contribution is 2.28. The lowest BCUT2D eigenvalue weighted by Gasteiger charge is -2.34. The molecule has 3 aromatic rings. The highest BCUT2D eigenvalue weighted by molar-refractivity contribution is 6.00. The van der Waals surface area contributed by atoms with Crippen molar-refractivity contribution in [2.75, 3.05) is 11.9 Å². The summed E-state index contributed by atoms with van der Waals surface area (Å²) in [4.78, 5) is 42.7. The number of carbonyl (C=O) groups excluding carboxylic acids is 3. The first-order valence-electron chi connectivity index (χ1n) is 13.9. The normalized spacial score (nSPS) is 12.5. The fourth-order valence-corrected chi connectivity index (χ4v) is 4.60. The van der Waals surface area contributed by atoms with Crippen molar-refractivity contribution in [2.24, 2.45) is 0 Å². The molecule has 8 nitrogen and oxygen atoms in total. The van der Waals surface area contributed by atoms with Gasteiger partial charge >= 0.3 is 6.09 Å². The van der Waals surface area contributed by atoms with Gasteiger partial charge in [-0.25, -0.2) is 4.79 Å². The number of ether oxygens (including phenoxy) is 1. The summed E-state index contributed by atoms with van der Waals surface area (Å²) in [5.41, 5.74) is 4.00. The maximum atomic E-state index is 14.4. The Morgan fingerprint density at radius 2 is 1.55 bits per heavy atom. The first-order chi connectivity index (χ1) is 19.8. The fraction of sp³-hybridized carbons (Fsp3) is 0.324. The van der Waals surface area contributed by atoms with Crippen molar-refractivity contribution in [1.29, 1.82) is 0 Å². The van der Waals surface area contributed by atoms with Crippen LogP contribution in [0.1, 0.15) is 54.6 Å². The molecule has 0 saturated heterocycles. The zero-order valence-corrected chi connectivity index (χ0v) is 25.2. The Kier molecular flexibility index (Phi) is 10.5. The number of nitrogens with zero attached hydrogens (tertiary/aromatic N) is 1. The number of aromatic hydroxyl groups is 1. The van der Waals surface area contributed by atoms with Gasteiger partial charge in [-0.3, -0.25) is 9.59 Å². The molecule has 0 fully saturated rings. The molecule has 0 radical (unpaired) electrons. The molecule has 0 heterocycles. The van der Waals surface area contributed by atoms with Crippen molar-refractivity contribution in [3.8, 4) is 5.75 Å². The summed E-state index contributed by atoms with van der Waals surface area (Å²) in [6.07, 6.45) is 0.895. The molecular weight excluding hydrogens is 530 g/mol. The summed E-state index contributed by atoms with van der Waals surface area (Å²) >= 11 is 0. The van der Waals surface area contributed by atoms with Crippen molar-refractivity contribution < 1.29 is 24.2 Å². The monoisotopic (exact) mass is 571 g/mol. The van der Waals surface area contributed by atoms with Crippen LogP contribution in [0.5, 0.6) is 5.75 Å². The molecule has 3 N–H and O–H groups in total. The standard InChI is InChI=1S/C34H41N3O5/c1-8-20-37(32(40)28(35-33(41)42-34(5,6)7)21-25-14-18-27(38)19-15-25)30(26-16-12-22(2)13-17-26)31(39)36-29-23(3)10-9-11-24(29)4/h8-19,28,30,38H,1,20-21H2,2-7H3,(H,35,41)(H,36,39). The van der Waals surface area contributed by atoms with Crippen molar-refractivity contribution in [3.05, 3.63) is 107 Å². The molecule has 0 aliphatic rings. The Hall–Kier alpha value is -4.59. The van der Waals surface area contributed by atoms with E-state index in [-0.39, 0.29) is 18.7 Å². The second kappa shape index (κ2) is 13.9. The molecular formula is C34H41N3O5. The van der Waals surface area contributed by atoms with Gasteiger partial charge in [0.05, 0.1) is 0 Å². The number of hydrogen-bond acceptors (Lipinski definition) is 5. The molecule has 0 spiro atoms. The molecule has 222 valence electrons. The molecule has 0 aliphatic carbocycles. The third kappa shape index (κ3) is 8.70. The van der Waals surface area contributed by atoms with Gasteiger partial charge in [0.2, 0.25) is 5.91 Å². The van der Waals surface area contributed by atoms with Crippen LogP contribution in [0.15, 0.2) is 79.4 Å². The number of nitrogens with one attached hydrogen (secondary N) is 2. The van der Waals surface area contributed by atoms with Gasteiger partial charge < -0.3 is 25.4 Å². The number of rotatable bonds is 10. The van der Waals surface area contributed by atoms with Crippen molar-refractivity contribution in [1.82, 2.24) is 10.2 Å². The molecule has 0 bridgehead atoms. The maximum absolute atomic E-state index is 14.4. The largest absolute Gasteiger partial charge is 0.508 e. The van der Waals surface area contributed by atoms with Crippen LogP contribution in [0, 0.1) is 20.8 Å². The smallest absolute Gasteiger partial charge is 0.408 e. The number of para-hydroxylation sites is 1. The summed E-state index contributed by atoms with van der Waals surface area (Å²) < 4.78 is 5.47. The van der Waals surface area contributed by atoms with Crippen LogP contribution in [0.3, 0.4) is 0 Å². The lowest BCUT2D eigenvalue weighted by Crippen LogP contribution is -2.53. The second-order valence-electron chi connectivity index (χ2n) is 11.4. The number of benzene rings is 3. The predicted octanol–water partition coefficient (Wildman–Crippen LogP) is 6.15. The molecule has 0 saturated carbocycles. The lowest BCUT2D eigenvalue weighted by molar-refractivity contribution is -0.140. The maximum Gasteiger partial charge on any atom is 0.408 e. The van der Waals surface area contributed by atoms with Gasteiger partial charge in [-0.1, -0.05) is 66.2 Å². The minimum atomic E-state index is -1.08. The quantitative estimate of drug-likeness (QED) is 0.253. The Bertz CT molecular complexity index is 1390. The summed E-state index contributed by atoms with van der Waals surface area (Å²) in [6.45, 7) is 14.9. The van der Waals surface area contributed by atoms with Crippen LogP contribution in [-0.2, 0) is 20.7 Å². The molecule has 3 amide bonds. The number of aryl methyl sites for hydroxylation is 3. The molecule has 2 atom stereocenters. The van der Waals surface area contributed by atoms with Gasteiger partial charge in [-0.2, -0.15) is 0 Å². The van der Waals surface area contributed by atoms with E-state index in [1.54, 1.807) is 39.0 Å². The van der Waals surface area contributed by atoms with Crippen molar-refractivity contribution >= 4 is 23.6 Å². The SMILES string of the molecule is C=CCN(C(=O)C(Cc1ccc(O)cc1)NC(=O)OC(C)(C)C)C(C(=O)Nc1c(C)cccc1C)c1ccc(C)cc1. The van der Waals surface area contributed by atoms with Crippen LogP contribution >= 0.6 is 0 Å². The second-order valence-corrected chi connectivity index (χ2v) is 11.4. The van der Waals surface area contributed by atoms with Crippen LogP contribution in [0.2, 0.25) is 0 Å². The third-order valence-corrected chi connectivity index (χ3v) is 6.66. The summed E-state index contributed by atoms with van der Waals surface area (Å²) in [5, 5.41) is 15.5. The van der Waals surface area contributed by atoms with E-state index in [1.807, 2.05) is 63.2 Å². The topological polar surface area (TPSA) is 108 Å². The van der Waals surface area contributed by atoms with Crippen LogP contribution < -0.4 is 10.6 Å². The molecule has 0 aliphatic heterocycles. The number of alkyl carbamates (subject to hydrolysis) is 1. The average Bonchev–Trinajstić information content (AvgIpc) is 2.91. The average molecular weight is 572 g/mol. The number of carbonyl (C=O) groups is 3.